The zero-order valence-electron chi connectivity index (χ0n) is 19.5. The summed E-state index contributed by atoms with van der Waals surface area (Å²) in [6, 6.07) is 3.08. The number of nitrogens with zero attached hydrogens (tertiary/aromatic N) is 1. The fraction of sp³-hybridized carbons (Fsp3) is 0.480. The molecule has 1 amide bonds. The summed E-state index contributed by atoms with van der Waals surface area (Å²) in [5.41, 5.74) is 5.61. The van der Waals surface area contributed by atoms with Crippen molar-refractivity contribution < 1.29 is 34.5 Å². The molecule has 0 radical (unpaired) electrons. The lowest BCUT2D eigenvalue weighted by molar-refractivity contribution is -0.167. The summed E-state index contributed by atoms with van der Waals surface area (Å²) in [7, 11) is 0. The first-order chi connectivity index (χ1) is 16.7. The molecule has 2 aliphatic carbocycles. The molecule has 0 saturated heterocycles. The third kappa shape index (κ3) is 5.24. The number of aliphatic hydroxyl groups is 2. The number of thioether (sulfide) groups is 1. The van der Waals surface area contributed by atoms with Crippen LogP contribution < -0.4 is 5.73 Å². The van der Waals surface area contributed by atoms with Crippen LogP contribution in [0.3, 0.4) is 0 Å². The zero-order chi connectivity index (χ0) is 25.8. The van der Waals surface area contributed by atoms with E-state index in [1.807, 2.05) is 19.1 Å². The molecule has 9 nitrogen and oxygen atoms in total. The molecule has 0 spiro atoms. The topological polar surface area (TPSA) is 167 Å². The van der Waals surface area contributed by atoms with Gasteiger partial charge in [0.2, 0.25) is 5.91 Å². The number of ketones is 3. The number of aliphatic hydroxyl groups excluding tert-OH is 1. The third-order valence-corrected chi connectivity index (χ3v) is 7.37. The molecule has 3 rings (SSSR count). The number of nitrogens with two attached hydrogens (primary N) is 1. The predicted octanol–water partition coefficient (Wildman–Crippen LogP) is 1.30. The molecule has 35 heavy (non-hydrogen) atoms. The van der Waals surface area contributed by atoms with Gasteiger partial charge in [0.15, 0.2) is 23.0 Å². The van der Waals surface area contributed by atoms with E-state index in [0.29, 0.717) is 17.9 Å². The second-order valence-electron chi connectivity index (χ2n) is 8.82. The number of amides is 1. The van der Waals surface area contributed by atoms with E-state index in [2.05, 4.69) is 4.99 Å². The van der Waals surface area contributed by atoms with Crippen LogP contribution in [-0.2, 0) is 20.8 Å². The number of primary amides is 1. The maximum atomic E-state index is 13.5. The lowest BCUT2D eigenvalue weighted by Crippen LogP contribution is -2.63. The van der Waals surface area contributed by atoms with Crippen molar-refractivity contribution in [2.24, 2.45) is 28.5 Å². The average Bonchev–Trinajstić information content (AvgIpc) is 2.80. The van der Waals surface area contributed by atoms with Crippen LogP contribution in [0.4, 0.5) is 0 Å². The van der Waals surface area contributed by atoms with Gasteiger partial charge in [-0.3, -0.25) is 24.2 Å². The Morgan fingerprint density at radius 3 is 2.71 bits per heavy atom. The van der Waals surface area contributed by atoms with Gasteiger partial charge in [-0.15, -0.1) is 11.8 Å². The molecule has 0 aliphatic heterocycles. The third-order valence-electron chi connectivity index (χ3n) is 6.69. The normalized spacial score (nSPS) is 26.2. The van der Waals surface area contributed by atoms with Gasteiger partial charge in [0.25, 0.3) is 0 Å². The highest BCUT2D eigenvalue weighted by molar-refractivity contribution is 8.12. The molecular weight excluding hydrogens is 472 g/mol. The molecule has 10 heteroatoms. The Labute approximate surface area is 207 Å². The van der Waals surface area contributed by atoms with Crippen molar-refractivity contribution in [3.8, 4) is 5.75 Å². The Bertz CT molecular complexity index is 1080. The fourth-order valence-electron chi connectivity index (χ4n) is 5.12. The monoisotopic (exact) mass is 502 g/mol. The van der Waals surface area contributed by atoms with E-state index >= 15 is 0 Å². The number of carbonyl (C=O) groups excluding carboxylic acids is 4. The first-order valence-electron chi connectivity index (χ1n) is 11.5. The largest absolute Gasteiger partial charge is 0.507 e. The number of hydrogen-bond acceptors (Lipinski definition) is 9. The molecule has 188 valence electrons. The van der Waals surface area contributed by atoms with E-state index in [-0.39, 0.29) is 37.2 Å². The number of rotatable bonds is 10. The zero-order valence-corrected chi connectivity index (χ0v) is 20.3. The predicted molar refractivity (Wildman–Crippen MR) is 132 cm³/mol. The number of phenols is 1. The number of carbonyl (C=O) groups is 4. The van der Waals surface area contributed by atoms with Crippen LogP contribution in [0.15, 0.2) is 23.2 Å². The van der Waals surface area contributed by atoms with Crippen LogP contribution in [0, 0.1) is 17.8 Å². The second kappa shape index (κ2) is 11.3. The van der Waals surface area contributed by atoms with Gasteiger partial charge >= 0.3 is 0 Å². The molecule has 1 fully saturated rings. The Morgan fingerprint density at radius 1 is 1.31 bits per heavy atom. The van der Waals surface area contributed by atoms with E-state index in [1.165, 1.54) is 17.8 Å². The Balaban J connectivity index is 1.98. The van der Waals surface area contributed by atoms with E-state index in [1.54, 1.807) is 11.6 Å². The van der Waals surface area contributed by atoms with Crippen molar-refractivity contribution in [3.63, 3.8) is 0 Å². The Kier molecular flexibility index (Phi) is 8.63. The van der Waals surface area contributed by atoms with Crippen molar-refractivity contribution in [1.29, 1.82) is 0 Å². The quantitative estimate of drug-likeness (QED) is 0.161. The van der Waals surface area contributed by atoms with Gasteiger partial charge in [0.05, 0.1) is 23.4 Å². The molecule has 0 bridgehead atoms. The highest BCUT2D eigenvalue weighted by atomic mass is 32.2. The number of Topliss-reactive ketones (excluding diaryl/α,β-unsaturated/α-hetero) is 3. The Hall–Kier alpha value is -2.82. The van der Waals surface area contributed by atoms with Crippen molar-refractivity contribution in [3.05, 3.63) is 34.9 Å². The molecule has 1 aromatic rings. The van der Waals surface area contributed by atoms with Gasteiger partial charge < -0.3 is 21.1 Å². The van der Waals surface area contributed by atoms with Crippen molar-refractivity contribution >= 4 is 46.6 Å². The lowest BCUT2D eigenvalue weighted by atomic mass is 9.57. The summed E-state index contributed by atoms with van der Waals surface area (Å²) in [4.78, 5) is 55.2. The molecule has 0 aromatic heterocycles. The van der Waals surface area contributed by atoms with Crippen LogP contribution in [-0.4, -0.2) is 68.6 Å². The highest BCUT2D eigenvalue weighted by Gasteiger charge is 2.60. The number of aliphatic imine (C=N–C) groups is 1. The minimum atomic E-state index is -2.60. The van der Waals surface area contributed by atoms with E-state index in [9.17, 15) is 34.5 Å². The number of fused-ring (bicyclic) bond motifs is 2. The van der Waals surface area contributed by atoms with Crippen molar-refractivity contribution in [1.82, 2.24) is 0 Å². The lowest BCUT2D eigenvalue weighted by Gasteiger charge is -2.46. The fourth-order valence-corrected chi connectivity index (χ4v) is 5.67. The van der Waals surface area contributed by atoms with Crippen LogP contribution in [0.2, 0.25) is 0 Å². The van der Waals surface area contributed by atoms with Crippen LogP contribution in [0.1, 0.15) is 47.7 Å². The molecule has 1 saturated carbocycles. The van der Waals surface area contributed by atoms with Gasteiger partial charge in [-0.05, 0) is 49.3 Å². The van der Waals surface area contributed by atoms with Gasteiger partial charge in [-0.2, -0.15) is 0 Å². The number of phenolic OH excluding ortho intramolecular Hbond substituents is 1. The van der Waals surface area contributed by atoms with Gasteiger partial charge in [-0.1, -0.05) is 18.2 Å². The van der Waals surface area contributed by atoms with Crippen LogP contribution >= 0.6 is 11.8 Å². The summed E-state index contributed by atoms with van der Waals surface area (Å²) >= 11 is 1.51. The molecule has 2 aliphatic rings. The summed E-state index contributed by atoms with van der Waals surface area (Å²) in [6.07, 6.45) is 3.25. The summed E-state index contributed by atoms with van der Waals surface area (Å²) < 4.78 is 0. The van der Waals surface area contributed by atoms with Crippen molar-refractivity contribution in [2.45, 2.75) is 38.2 Å². The van der Waals surface area contributed by atoms with Gasteiger partial charge in [0, 0.05) is 24.8 Å². The molecule has 4 atom stereocenters. The van der Waals surface area contributed by atoms with E-state index in [4.69, 9.17) is 5.73 Å². The molecule has 1 unspecified atom stereocenters. The minimum absolute atomic E-state index is 0.00672. The smallest absolute Gasteiger partial charge is 0.225 e. The molecule has 5 N–H and O–H groups in total. The average molecular weight is 503 g/mol. The van der Waals surface area contributed by atoms with Crippen LogP contribution in [0.25, 0.3) is 6.08 Å². The molecular formula is C25H30N2O7S. The second-order valence-corrected chi connectivity index (χ2v) is 9.69. The van der Waals surface area contributed by atoms with E-state index in [0.717, 1.165) is 5.56 Å². The summed E-state index contributed by atoms with van der Waals surface area (Å²) in [6.45, 7) is 2.25. The molecule has 0 heterocycles. The van der Waals surface area contributed by atoms with E-state index < -0.39 is 53.0 Å². The summed E-state index contributed by atoms with van der Waals surface area (Å²) in [5.74, 6) is -6.19. The van der Waals surface area contributed by atoms with Crippen LogP contribution in [0.5, 0.6) is 5.75 Å². The Morgan fingerprint density at radius 2 is 2.06 bits per heavy atom. The first-order valence-corrected chi connectivity index (χ1v) is 12.6. The maximum absolute atomic E-state index is 13.5. The number of hydrogen-bond donors (Lipinski definition) is 4. The highest BCUT2D eigenvalue weighted by Crippen LogP contribution is 2.48. The molecule has 1 aromatic carbocycles. The minimum Gasteiger partial charge on any atom is -0.507 e. The van der Waals surface area contributed by atoms with Gasteiger partial charge in [0.1, 0.15) is 5.75 Å². The maximum Gasteiger partial charge on any atom is 0.225 e. The summed E-state index contributed by atoms with van der Waals surface area (Å²) in [5, 5.41) is 31.2. The number of benzene rings is 1. The SMILES string of the molecule is CCN=CSC/C=C/c1ccc(O)c2c1C[C@H]1C[C@@H](CCO)[C@@](O)(C(=O)CC(N)=O)C(=O)C1C2=O. The van der Waals surface area contributed by atoms with Crippen molar-refractivity contribution in [2.75, 3.05) is 18.9 Å². The standard InChI is InChI=1S/C25H30N2O7S/c1-2-27-13-35-9-3-4-14-5-6-18(29)22-17(14)11-15-10-16(7-8-28)25(34,19(30)12-20(26)31)24(33)21(15)23(22)32/h3-6,13,15-16,21,28-29,34H,2,7-12H2,1H3,(H2,26,31)/b4-3+,27-13?/t15-,16-,21?,25-/m1/s1. The first kappa shape index (κ1) is 26.8. The van der Waals surface area contributed by atoms with Gasteiger partial charge in [-0.25, -0.2) is 0 Å². The number of aromatic hydroxyl groups is 1.